The molecule has 118 valence electrons. The van der Waals surface area contributed by atoms with E-state index in [1.807, 2.05) is 0 Å². The lowest BCUT2D eigenvalue weighted by Crippen LogP contribution is -2.59. The summed E-state index contributed by atoms with van der Waals surface area (Å²) in [5, 5.41) is 0. The van der Waals surface area contributed by atoms with Crippen molar-refractivity contribution in [2.45, 2.75) is 57.5 Å². The summed E-state index contributed by atoms with van der Waals surface area (Å²) in [6.45, 7) is 2.24. The number of hydrogen-bond acceptors (Lipinski definition) is 2. The Morgan fingerprint density at radius 3 is 2.27 bits per heavy atom. The third-order valence-corrected chi connectivity index (χ3v) is 7.50. The zero-order chi connectivity index (χ0) is 14.9. The lowest BCUT2D eigenvalue weighted by atomic mass is 9.49. The van der Waals surface area contributed by atoms with Crippen molar-refractivity contribution in [1.82, 2.24) is 0 Å². The number of fused-ring (bicyclic) bond motifs is 2. The number of rotatable bonds is 3. The summed E-state index contributed by atoms with van der Waals surface area (Å²) in [6, 6.07) is 0. The number of carbonyl (C=O) groups is 1. The van der Waals surface area contributed by atoms with Crippen LogP contribution in [-0.4, -0.2) is 11.6 Å². The topological polar surface area (TPSA) is 26.3 Å². The van der Waals surface area contributed by atoms with Crippen molar-refractivity contribution in [3.05, 3.63) is 23.8 Å². The molecule has 0 aliphatic heterocycles. The Labute approximate surface area is 133 Å². The van der Waals surface area contributed by atoms with Crippen molar-refractivity contribution in [2.75, 3.05) is 0 Å². The van der Waals surface area contributed by atoms with Crippen molar-refractivity contribution in [2.24, 2.45) is 35.5 Å². The van der Waals surface area contributed by atoms with Gasteiger partial charge in [0.15, 0.2) is 0 Å². The number of esters is 1. The van der Waals surface area contributed by atoms with Gasteiger partial charge in [-0.15, -0.1) is 0 Å². The van der Waals surface area contributed by atoms with E-state index in [0.29, 0.717) is 23.7 Å². The van der Waals surface area contributed by atoms with Crippen molar-refractivity contribution in [1.29, 1.82) is 0 Å². The molecular weight excluding hydrogens is 272 g/mol. The highest BCUT2D eigenvalue weighted by Gasteiger charge is 2.58. The highest BCUT2D eigenvalue weighted by Crippen LogP contribution is 2.61. The third kappa shape index (κ3) is 1.70. The van der Waals surface area contributed by atoms with Crippen LogP contribution >= 0.6 is 0 Å². The second kappa shape index (κ2) is 4.49. The highest BCUT2D eigenvalue weighted by molar-refractivity contribution is 5.91. The van der Waals surface area contributed by atoms with Crippen molar-refractivity contribution < 1.29 is 9.53 Å². The maximum absolute atomic E-state index is 12.9. The smallest absolute Gasteiger partial charge is 0.334 e. The molecule has 4 saturated carbocycles. The van der Waals surface area contributed by atoms with E-state index in [1.54, 1.807) is 0 Å². The zero-order valence-electron chi connectivity index (χ0n) is 13.5. The minimum absolute atomic E-state index is 0.00572. The van der Waals surface area contributed by atoms with Gasteiger partial charge in [-0.25, -0.2) is 4.79 Å². The quantitative estimate of drug-likeness (QED) is 0.574. The largest absolute Gasteiger partial charge is 0.455 e. The van der Waals surface area contributed by atoms with Crippen LogP contribution in [0.5, 0.6) is 0 Å². The van der Waals surface area contributed by atoms with E-state index in [9.17, 15) is 4.79 Å². The van der Waals surface area contributed by atoms with Gasteiger partial charge in [0.1, 0.15) is 5.60 Å². The monoisotopic (exact) mass is 298 g/mol. The average molecular weight is 298 g/mol. The molecule has 0 aromatic rings. The molecule has 6 aliphatic rings. The molecule has 0 N–H and O–H groups in total. The summed E-state index contributed by atoms with van der Waals surface area (Å²) in [5.74, 6) is 3.94. The van der Waals surface area contributed by atoms with Gasteiger partial charge >= 0.3 is 5.97 Å². The zero-order valence-corrected chi connectivity index (χ0v) is 13.5. The van der Waals surface area contributed by atoms with Gasteiger partial charge in [0.05, 0.1) is 0 Å². The Kier molecular flexibility index (Phi) is 2.73. The second-order valence-corrected chi connectivity index (χ2v) is 8.52. The van der Waals surface area contributed by atoms with E-state index < -0.39 is 0 Å². The minimum Gasteiger partial charge on any atom is -0.455 e. The normalized spacial score (nSPS) is 50.5. The first-order valence-electron chi connectivity index (χ1n) is 9.31. The molecule has 2 nitrogen and oxygen atoms in total. The number of carbonyl (C=O) groups excluding carboxylic acids is 1. The number of allylic oxidation sites excluding steroid dienone is 3. The molecule has 22 heavy (non-hydrogen) atoms. The molecule has 6 aliphatic carbocycles. The van der Waals surface area contributed by atoms with Gasteiger partial charge in [-0.1, -0.05) is 25.2 Å². The predicted octanol–water partition coefficient (Wildman–Crippen LogP) is 4.27. The third-order valence-electron chi connectivity index (χ3n) is 7.50. The highest BCUT2D eigenvalue weighted by atomic mass is 16.6. The summed E-state index contributed by atoms with van der Waals surface area (Å²) < 4.78 is 6.36. The molecule has 0 spiro atoms. The summed E-state index contributed by atoms with van der Waals surface area (Å²) in [7, 11) is 0. The van der Waals surface area contributed by atoms with Crippen LogP contribution in [0.25, 0.3) is 0 Å². The Morgan fingerprint density at radius 2 is 1.77 bits per heavy atom. The minimum atomic E-state index is -0.142. The average Bonchev–Trinajstić information content (AvgIpc) is 3.13. The van der Waals surface area contributed by atoms with Gasteiger partial charge in [-0.2, -0.15) is 0 Å². The van der Waals surface area contributed by atoms with Gasteiger partial charge < -0.3 is 4.74 Å². The van der Waals surface area contributed by atoms with E-state index in [2.05, 4.69) is 25.2 Å². The second-order valence-electron chi connectivity index (χ2n) is 8.52. The van der Waals surface area contributed by atoms with Gasteiger partial charge in [-0.3, -0.25) is 0 Å². The lowest BCUT2D eigenvalue weighted by Gasteiger charge is -2.60. The lowest BCUT2D eigenvalue weighted by molar-refractivity contribution is -0.207. The van der Waals surface area contributed by atoms with Crippen LogP contribution in [0.3, 0.4) is 0 Å². The number of ether oxygens (including phenoxy) is 1. The molecule has 2 unspecified atom stereocenters. The van der Waals surface area contributed by atoms with Crippen LogP contribution in [0, 0.1) is 35.5 Å². The molecule has 0 saturated heterocycles. The fourth-order valence-electron chi connectivity index (χ4n) is 6.68. The van der Waals surface area contributed by atoms with E-state index >= 15 is 0 Å². The Hall–Kier alpha value is -1.05. The number of hydrogen-bond donors (Lipinski definition) is 0. The van der Waals surface area contributed by atoms with Gasteiger partial charge in [0.25, 0.3) is 0 Å². The van der Waals surface area contributed by atoms with Crippen molar-refractivity contribution >= 4 is 5.97 Å². The van der Waals surface area contributed by atoms with Gasteiger partial charge in [0.2, 0.25) is 0 Å². The van der Waals surface area contributed by atoms with Crippen LogP contribution in [0.2, 0.25) is 0 Å². The Bertz CT molecular complexity index is 542. The molecule has 2 atom stereocenters. The standard InChI is InChI=1S/C20H26O2/c1-2-20(16-7-13-5-14(9-16)10-17(20)8-13)22-19(21)18-11-12-3-4-15(18)6-12/h3-4,11-17H,2,5-10H2,1H3. The van der Waals surface area contributed by atoms with Crippen LogP contribution in [0.1, 0.15) is 51.9 Å². The molecule has 2 heteroatoms. The van der Waals surface area contributed by atoms with E-state index in [1.165, 1.54) is 32.1 Å². The van der Waals surface area contributed by atoms with Crippen molar-refractivity contribution in [3.63, 3.8) is 0 Å². The van der Waals surface area contributed by atoms with Crippen molar-refractivity contribution in [3.8, 4) is 0 Å². The maximum Gasteiger partial charge on any atom is 0.334 e. The van der Waals surface area contributed by atoms with Crippen LogP contribution in [0.15, 0.2) is 23.8 Å². The molecular formula is C20H26O2. The molecule has 0 aromatic heterocycles. The fraction of sp³-hybridized carbons (Fsp3) is 0.750. The van der Waals surface area contributed by atoms with E-state index in [0.717, 1.165) is 30.3 Å². The van der Waals surface area contributed by atoms with Crippen LogP contribution in [0.4, 0.5) is 0 Å². The molecule has 0 radical (unpaired) electrons. The Balaban J connectivity index is 1.41. The van der Waals surface area contributed by atoms with E-state index in [-0.39, 0.29) is 11.6 Å². The SMILES string of the molecule is CCC1(OC(=O)C2=CC3C=CC2C3)C2CC3CC(C2)CC1C3. The first-order chi connectivity index (χ1) is 10.7. The summed E-state index contributed by atoms with van der Waals surface area (Å²) in [4.78, 5) is 12.9. The predicted molar refractivity (Wildman–Crippen MR) is 85.0 cm³/mol. The summed E-state index contributed by atoms with van der Waals surface area (Å²) in [5.41, 5.74) is 0.811. The molecule has 6 bridgehead atoms. The van der Waals surface area contributed by atoms with Crippen LogP contribution in [-0.2, 0) is 9.53 Å². The molecule has 0 amide bonds. The maximum atomic E-state index is 12.9. The van der Waals surface area contributed by atoms with Gasteiger partial charge in [-0.05, 0) is 74.5 Å². The molecule has 6 rings (SSSR count). The first-order valence-corrected chi connectivity index (χ1v) is 9.31. The summed E-state index contributed by atoms with van der Waals surface area (Å²) >= 11 is 0. The van der Waals surface area contributed by atoms with Crippen LogP contribution < -0.4 is 0 Å². The fourth-order valence-corrected chi connectivity index (χ4v) is 6.68. The van der Waals surface area contributed by atoms with E-state index in [4.69, 9.17) is 4.74 Å². The molecule has 4 fully saturated rings. The molecule has 0 heterocycles. The van der Waals surface area contributed by atoms with Gasteiger partial charge in [0, 0.05) is 11.5 Å². The first kappa shape index (κ1) is 13.4. The molecule has 0 aromatic carbocycles. The summed E-state index contributed by atoms with van der Waals surface area (Å²) in [6.07, 6.45) is 15.4. The Morgan fingerprint density at radius 1 is 1.09 bits per heavy atom.